The summed E-state index contributed by atoms with van der Waals surface area (Å²) in [6.07, 6.45) is 2.86. The second kappa shape index (κ2) is 6.37. The highest BCUT2D eigenvalue weighted by Crippen LogP contribution is 2.56. The number of anilines is 1. The Hall–Kier alpha value is -2.29. The maximum Gasteiger partial charge on any atom is 0.256 e. The molecule has 1 aromatic heterocycles. The highest BCUT2D eigenvalue weighted by Gasteiger charge is 2.61. The Morgan fingerprint density at radius 2 is 1.89 bits per heavy atom. The Morgan fingerprint density at radius 3 is 2.57 bits per heavy atom. The molecule has 2 heterocycles. The lowest BCUT2D eigenvalue weighted by Crippen LogP contribution is -2.43. The molecule has 146 valence electrons. The lowest BCUT2D eigenvalue weighted by atomic mass is 9.88. The fourth-order valence-electron chi connectivity index (χ4n) is 5.18. The van der Waals surface area contributed by atoms with Crippen LogP contribution < -0.4 is 5.32 Å². The van der Waals surface area contributed by atoms with Crippen molar-refractivity contribution < 1.29 is 18.3 Å². The van der Waals surface area contributed by atoms with Crippen LogP contribution in [0.2, 0.25) is 0 Å². The van der Waals surface area contributed by atoms with Crippen molar-refractivity contribution in [1.82, 2.24) is 9.29 Å². The molecule has 5 atom stereocenters. The largest absolute Gasteiger partial charge is 0.391 e. The Morgan fingerprint density at radius 1 is 1.11 bits per heavy atom. The number of sulfonamides is 1. The summed E-state index contributed by atoms with van der Waals surface area (Å²) in [5.74, 6) is 0.949. The molecule has 7 nitrogen and oxygen atoms in total. The SMILES string of the molecule is O=C(Nc1ccccn1)c1ccc(S(=O)(=O)N2C[C@@H]3C[C@H]4C[C@H]3[C@@H]2[C@@H]4O)cc1. The van der Waals surface area contributed by atoms with Crippen molar-refractivity contribution in [3.05, 3.63) is 54.2 Å². The van der Waals surface area contributed by atoms with Crippen molar-refractivity contribution in [2.45, 2.75) is 29.9 Å². The summed E-state index contributed by atoms with van der Waals surface area (Å²) >= 11 is 0. The molecule has 1 saturated heterocycles. The van der Waals surface area contributed by atoms with E-state index in [0.717, 1.165) is 12.8 Å². The van der Waals surface area contributed by atoms with Gasteiger partial charge in [-0.1, -0.05) is 6.07 Å². The summed E-state index contributed by atoms with van der Waals surface area (Å²) in [7, 11) is -3.70. The van der Waals surface area contributed by atoms with Crippen LogP contribution in [-0.2, 0) is 10.0 Å². The first-order chi connectivity index (χ1) is 13.4. The molecule has 0 spiro atoms. The number of hydrogen-bond acceptors (Lipinski definition) is 5. The van der Waals surface area contributed by atoms with Crippen LogP contribution in [0.4, 0.5) is 5.82 Å². The molecule has 1 aliphatic heterocycles. The number of fused-ring (bicyclic) bond motifs is 1. The summed E-state index contributed by atoms with van der Waals surface area (Å²) < 4.78 is 27.8. The molecule has 3 aliphatic rings. The second-order valence-electron chi connectivity index (χ2n) is 7.90. The van der Waals surface area contributed by atoms with Crippen LogP contribution in [0.15, 0.2) is 53.6 Å². The molecular weight excluding hydrogens is 378 g/mol. The minimum atomic E-state index is -3.70. The Kier molecular flexibility index (Phi) is 4.04. The van der Waals surface area contributed by atoms with E-state index in [1.165, 1.54) is 28.6 Å². The normalized spacial score (nSPS) is 31.2. The Labute approximate surface area is 163 Å². The highest BCUT2D eigenvalue weighted by atomic mass is 32.2. The van der Waals surface area contributed by atoms with Gasteiger partial charge in [0.05, 0.1) is 17.0 Å². The highest BCUT2D eigenvalue weighted by molar-refractivity contribution is 7.89. The average molecular weight is 399 g/mol. The third-order valence-corrected chi connectivity index (χ3v) is 8.31. The molecular formula is C20H21N3O4S. The van der Waals surface area contributed by atoms with E-state index in [1.54, 1.807) is 24.4 Å². The first-order valence-corrected chi connectivity index (χ1v) is 10.9. The van der Waals surface area contributed by atoms with E-state index in [9.17, 15) is 18.3 Å². The van der Waals surface area contributed by atoms with Crippen LogP contribution in [0.3, 0.4) is 0 Å². The Balaban J connectivity index is 1.36. The molecule has 1 aromatic carbocycles. The predicted octanol–water partition coefficient (Wildman–Crippen LogP) is 1.72. The van der Waals surface area contributed by atoms with Crippen LogP contribution >= 0.6 is 0 Å². The van der Waals surface area contributed by atoms with Crippen LogP contribution in [-0.4, -0.2) is 47.4 Å². The lowest BCUT2D eigenvalue weighted by molar-refractivity contribution is 0.0731. The van der Waals surface area contributed by atoms with Crippen molar-refractivity contribution in [3.8, 4) is 0 Å². The fraction of sp³-hybridized carbons (Fsp3) is 0.400. The van der Waals surface area contributed by atoms with Crippen LogP contribution in [0.5, 0.6) is 0 Å². The number of aromatic nitrogens is 1. The Bertz CT molecular complexity index is 1010. The summed E-state index contributed by atoms with van der Waals surface area (Å²) in [6, 6.07) is 10.8. The number of carbonyl (C=O) groups is 1. The third-order valence-electron chi connectivity index (χ3n) is 6.43. The average Bonchev–Trinajstić information content (AvgIpc) is 3.32. The van der Waals surface area contributed by atoms with E-state index >= 15 is 0 Å². The van der Waals surface area contributed by atoms with Gasteiger partial charge in [-0.25, -0.2) is 13.4 Å². The van der Waals surface area contributed by atoms with Gasteiger partial charge in [-0.15, -0.1) is 0 Å². The van der Waals surface area contributed by atoms with E-state index in [4.69, 9.17) is 0 Å². The fourth-order valence-corrected chi connectivity index (χ4v) is 6.92. The standard InChI is InChI=1S/C20H21N3O4S/c24-19-13-9-14-11-23(18(19)16(14)10-13)28(26,27)15-6-4-12(5-7-15)20(25)22-17-3-1-2-8-21-17/h1-8,13-14,16,18-19,24H,9-11H2,(H,21,22,25)/t13-,14-,16+,18+,19+/m0/s1. The van der Waals surface area contributed by atoms with E-state index in [1.807, 2.05) is 0 Å². The number of nitrogens with one attached hydrogen (secondary N) is 1. The number of pyridine rings is 1. The second-order valence-corrected chi connectivity index (χ2v) is 9.80. The van der Waals surface area contributed by atoms with Crippen molar-refractivity contribution >= 4 is 21.7 Å². The number of rotatable bonds is 4. The van der Waals surface area contributed by atoms with E-state index in [0.29, 0.717) is 23.8 Å². The number of hydrogen-bond donors (Lipinski definition) is 2. The van der Waals surface area contributed by atoms with Gasteiger partial charge < -0.3 is 10.4 Å². The van der Waals surface area contributed by atoms with Crippen LogP contribution in [0, 0.1) is 17.8 Å². The molecule has 1 amide bonds. The zero-order valence-electron chi connectivity index (χ0n) is 15.1. The molecule has 2 aromatic rings. The smallest absolute Gasteiger partial charge is 0.256 e. The molecule has 28 heavy (non-hydrogen) atoms. The predicted molar refractivity (Wildman–Crippen MR) is 102 cm³/mol. The number of benzene rings is 1. The van der Waals surface area contributed by atoms with E-state index in [2.05, 4.69) is 10.3 Å². The van der Waals surface area contributed by atoms with Crippen molar-refractivity contribution in [1.29, 1.82) is 0 Å². The van der Waals surface area contributed by atoms with Crippen LogP contribution in [0.25, 0.3) is 0 Å². The number of aliphatic hydroxyl groups is 1. The minimum Gasteiger partial charge on any atom is -0.391 e. The van der Waals surface area contributed by atoms with Gasteiger partial charge in [0, 0.05) is 18.3 Å². The maximum absolute atomic E-state index is 13.2. The summed E-state index contributed by atoms with van der Waals surface area (Å²) in [4.78, 5) is 16.5. The van der Waals surface area contributed by atoms with Gasteiger partial charge in [0.25, 0.3) is 5.91 Å². The summed E-state index contributed by atoms with van der Waals surface area (Å²) in [5, 5.41) is 13.2. The molecule has 2 aliphatic carbocycles. The monoisotopic (exact) mass is 399 g/mol. The van der Waals surface area contributed by atoms with Gasteiger partial charge in [-0.3, -0.25) is 4.79 Å². The van der Waals surface area contributed by atoms with Crippen molar-refractivity contribution in [2.24, 2.45) is 17.8 Å². The third kappa shape index (κ3) is 2.67. The molecule has 0 unspecified atom stereocenters. The molecule has 0 radical (unpaired) electrons. The first kappa shape index (κ1) is 17.8. The van der Waals surface area contributed by atoms with Crippen molar-refractivity contribution in [3.63, 3.8) is 0 Å². The molecule has 3 fully saturated rings. The van der Waals surface area contributed by atoms with Gasteiger partial charge >= 0.3 is 0 Å². The number of aliphatic hydroxyl groups excluding tert-OH is 1. The number of amides is 1. The van der Waals surface area contributed by atoms with Gasteiger partial charge in [-0.2, -0.15) is 4.31 Å². The molecule has 5 rings (SSSR count). The number of nitrogens with zero attached hydrogens (tertiary/aromatic N) is 2. The quantitative estimate of drug-likeness (QED) is 0.816. The zero-order valence-corrected chi connectivity index (χ0v) is 15.9. The first-order valence-electron chi connectivity index (χ1n) is 9.47. The summed E-state index contributed by atoms with van der Waals surface area (Å²) in [6.45, 7) is 0.479. The topological polar surface area (TPSA) is 99.6 Å². The van der Waals surface area contributed by atoms with Crippen molar-refractivity contribution in [2.75, 3.05) is 11.9 Å². The van der Waals surface area contributed by atoms with E-state index < -0.39 is 16.1 Å². The van der Waals surface area contributed by atoms with E-state index in [-0.39, 0.29) is 28.7 Å². The van der Waals surface area contributed by atoms with Crippen LogP contribution in [0.1, 0.15) is 23.2 Å². The number of carbonyl (C=O) groups excluding carboxylic acids is 1. The molecule has 8 heteroatoms. The molecule has 2 saturated carbocycles. The maximum atomic E-state index is 13.2. The lowest BCUT2D eigenvalue weighted by Gasteiger charge is -2.28. The van der Waals surface area contributed by atoms with Gasteiger partial charge in [0.1, 0.15) is 5.82 Å². The summed E-state index contributed by atoms with van der Waals surface area (Å²) in [5.41, 5.74) is 0.354. The molecule has 2 bridgehead atoms. The molecule has 2 N–H and O–H groups in total. The minimum absolute atomic E-state index is 0.152. The van der Waals surface area contributed by atoms with Gasteiger partial charge in [0.2, 0.25) is 10.0 Å². The zero-order chi connectivity index (χ0) is 19.5. The van der Waals surface area contributed by atoms with Gasteiger partial charge in [0.15, 0.2) is 0 Å². The van der Waals surface area contributed by atoms with Gasteiger partial charge in [-0.05, 0) is 67.0 Å².